The largest absolute Gasteiger partial charge is 0.744 e. The first-order chi connectivity index (χ1) is 42.3. The summed E-state index contributed by atoms with van der Waals surface area (Å²) in [6.07, 6.45) is 2.28. The molecular weight excluding hydrogens is 1150 g/mol. The number of esters is 3. The number of rotatable bonds is 14. The zero-order valence-corrected chi connectivity index (χ0v) is 54.7. The van der Waals surface area contributed by atoms with E-state index in [-0.39, 0.29) is 35.0 Å². The third-order valence-corrected chi connectivity index (χ3v) is 21.5. The van der Waals surface area contributed by atoms with Crippen LogP contribution in [-0.4, -0.2) is 53.3 Å². The van der Waals surface area contributed by atoms with Gasteiger partial charge >= 0.3 is 17.9 Å². The minimum absolute atomic E-state index is 0.0125. The number of benzene rings is 8. The molecule has 2 saturated carbocycles. The topological polar surface area (TPSA) is 177 Å². The average molecular weight is 1240 g/mol. The number of fused-ring (bicyclic) bond motifs is 1. The van der Waals surface area contributed by atoms with Gasteiger partial charge in [-0.1, -0.05) is 176 Å². The van der Waals surface area contributed by atoms with Gasteiger partial charge in [0.15, 0.2) is 20.1 Å². The minimum Gasteiger partial charge on any atom is -0.744 e. The summed E-state index contributed by atoms with van der Waals surface area (Å²) in [5, 5.41) is 21.7. The lowest BCUT2D eigenvalue weighted by Gasteiger charge is -2.32. The van der Waals surface area contributed by atoms with Gasteiger partial charge in [-0.2, -0.15) is 0 Å². The van der Waals surface area contributed by atoms with Crippen LogP contribution in [0.15, 0.2) is 220 Å². The van der Waals surface area contributed by atoms with Crippen molar-refractivity contribution in [2.75, 3.05) is 0 Å². The summed E-state index contributed by atoms with van der Waals surface area (Å²) in [4.78, 5) is 41.9. The molecular formula is C76H86O11S2. The quantitative estimate of drug-likeness (QED) is 0.0348. The third kappa shape index (κ3) is 15.5. The van der Waals surface area contributed by atoms with E-state index in [9.17, 15) is 32.5 Å². The summed E-state index contributed by atoms with van der Waals surface area (Å²) in [5.41, 5.74) is 3.83. The number of hydrogen-bond acceptors (Lipinski definition) is 11. The predicted molar refractivity (Wildman–Crippen MR) is 352 cm³/mol. The number of aliphatic hydroxyl groups is 1. The second-order valence-electron chi connectivity index (χ2n) is 25.1. The Bertz CT molecular complexity index is 3620. The van der Waals surface area contributed by atoms with Gasteiger partial charge in [0.25, 0.3) is 0 Å². The minimum atomic E-state index is -4.62. The van der Waals surface area contributed by atoms with Gasteiger partial charge in [0.1, 0.15) is 33.8 Å². The fourth-order valence-corrected chi connectivity index (χ4v) is 14.6. The summed E-state index contributed by atoms with van der Waals surface area (Å²) in [6.45, 7) is 22.5. The molecule has 0 radical (unpaired) electrons. The molecule has 12 rings (SSSR count). The van der Waals surface area contributed by atoms with Crippen LogP contribution in [0.2, 0.25) is 0 Å². The highest BCUT2D eigenvalue weighted by atomic mass is 32.2. The maximum Gasteiger partial charge on any atom is 0.329 e. The zero-order chi connectivity index (χ0) is 64.4. The number of carbonyl (C=O) groups is 3. The maximum absolute atomic E-state index is 13.0. The van der Waals surface area contributed by atoms with Crippen molar-refractivity contribution in [2.45, 2.75) is 169 Å². The van der Waals surface area contributed by atoms with Gasteiger partial charge in [-0.3, -0.25) is 14.4 Å². The lowest BCUT2D eigenvalue weighted by molar-refractivity contribution is -0.170. The fraction of sp³-hybridized carbons (Fsp3) is 0.355. The maximum atomic E-state index is 13.0. The first kappa shape index (κ1) is 67.4. The summed E-state index contributed by atoms with van der Waals surface area (Å²) in [5.74, 6) is 0.409. The van der Waals surface area contributed by atoms with Crippen LogP contribution in [0.4, 0.5) is 0 Å². The second kappa shape index (κ2) is 28.9. The molecule has 1 saturated heterocycles. The summed E-state index contributed by atoms with van der Waals surface area (Å²) >= 11 is 0. The molecule has 9 unspecified atom stereocenters. The lowest BCUT2D eigenvalue weighted by Crippen LogP contribution is -2.47. The van der Waals surface area contributed by atoms with Crippen molar-refractivity contribution < 1.29 is 51.8 Å². The Balaban J connectivity index is 0.000000152. The summed E-state index contributed by atoms with van der Waals surface area (Å²) in [6, 6.07) is 65.6. The van der Waals surface area contributed by atoms with E-state index in [0.717, 1.165) is 30.5 Å². The van der Waals surface area contributed by atoms with Gasteiger partial charge in [0, 0.05) is 11.8 Å². The van der Waals surface area contributed by atoms with Crippen molar-refractivity contribution >= 4 is 49.7 Å². The van der Waals surface area contributed by atoms with Gasteiger partial charge in [-0.05, 0) is 195 Å². The Hall–Kier alpha value is -7.55. The molecule has 2 N–H and O–H groups in total. The molecule has 1 aliphatic heterocycles. The van der Waals surface area contributed by atoms with Crippen LogP contribution in [0.5, 0.6) is 11.5 Å². The van der Waals surface area contributed by atoms with E-state index < -0.39 is 61.5 Å². The Kier molecular flexibility index (Phi) is 21.9. The van der Waals surface area contributed by atoms with E-state index in [0.29, 0.717) is 42.3 Å². The van der Waals surface area contributed by atoms with Crippen LogP contribution in [0.25, 0.3) is 10.8 Å². The van der Waals surface area contributed by atoms with Gasteiger partial charge in [0.2, 0.25) is 0 Å². The van der Waals surface area contributed by atoms with Crippen molar-refractivity contribution in [2.24, 2.45) is 22.7 Å². The Morgan fingerprint density at radius 1 is 0.663 bits per heavy atom. The summed E-state index contributed by atoms with van der Waals surface area (Å²) in [7, 11) is -4.64. The average Bonchev–Trinajstić information content (AvgIpc) is 1.54. The molecule has 89 heavy (non-hydrogen) atoms. The first-order valence-electron chi connectivity index (χ1n) is 31.1. The number of hydrogen-bond donors (Lipinski definition) is 2. The lowest BCUT2D eigenvalue weighted by atomic mass is 9.73. The highest BCUT2D eigenvalue weighted by Crippen LogP contribution is 2.63. The van der Waals surface area contributed by atoms with Gasteiger partial charge < -0.3 is 29.0 Å². The van der Waals surface area contributed by atoms with E-state index in [1.807, 2.05) is 45.0 Å². The van der Waals surface area contributed by atoms with Crippen LogP contribution in [0.1, 0.15) is 160 Å². The molecule has 2 bridgehead atoms. The standard InChI is InChI=1S/C21H24O9S.C18H15S.C14H14.C13H20O.C10H14O/c1-4-20(2,3)17(22)29-15-11-9-14-16(15)30-19(24)21(14,10-11)18(23)28-12-5-7-13(8-6-12)31(25,26)27;1-4-10-16(11-5-1)19(17-12-6-2-7-13-17)18-14-8-3-9-15-18;1-9-10(2)13-8-4-6-11-5-3-7-12(9)14(11)13;1-5-10(2)11-6-8-12(9-7-11)13(3,4)14;1-3-8(2)9-4-6-10(11)7-5-9/h5-8,11,14-16H,4,9-10H2,1-3H3,(H,25,26,27);1-15H;3-10H,1-2H3;6-10,14H,5H2,1-4H3;4-8,11H,3H2,1-2H3/q;+1;;;/p-1. The Morgan fingerprint density at radius 2 is 1.12 bits per heavy atom. The van der Waals surface area contributed by atoms with Crippen molar-refractivity contribution in [1.29, 1.82) is 0 Å². The molecule has 8 aromatic rings. The number of phenolic OH excluding ortho intramolecular Hbond substituents is 1. The predicted octanol–water partition coefficient (Wildman–Crippen LogP) is 17.0. The third-order valence-electron chi connectivity index (χ3n) is 18.4. The van der Waals surface area contributed by atoms with Crippen LogP contribution >= 0.6 is 0 Å². The van der Waals surface area contributed by atoms with Gasteiger partial charge in [-0.15, -0.1) is 0 Å². The van der Waals surface area contributed by atoms with Crippen molar-refractivity contribution in [1.82, 2.24) is 0 Å². The van der Waals surface area contributed by atoms with E-state index in [4.69, 9.17) is 19.3 Å². The normalized spacial score (nSPS) is 20.9. The smallest absolute Gasteiger partial charge is 0.329 e. The van der Waals surface area contributed by atoms with Crippen LogP contribution in [0, 0.1) is 22.7 Å². The van der Waals surface area contributed by atoms with E-state index >= 15 is 0 Å². The number of carbonyl (C=O) groups excluding carboxylic acids is 3. The molecule has 9 atom stereocenters. The van der Waals surface area contributed by atoms with Gasteiger partial charge in [0.05, 0.1) is 26.8 Å². The Morgan fingerprint density at radius 3 is 1.55 bits per heavy atom. The number of aromatic hydroxyl groups is 1. The van der Waals surface area contributed by atoms with Crippen molar-refractivity contribution in [3.63, 3.8) is 0 Å². The van der Waals surface area contributed by atoms with E-state index in [1.165, 1.54) is 59.8 Å². The number of phenols is 1. The van der Waals surface area contributed by atoms with Crippen molar-refractivity contribution in [3.05, 3.63) is 228 Å². The zero-order valence-electron chi connectivity index (χ0n) is 53.1. The van der Waals surface area contributed by atoms with Crippen molar-refractivity contribution in [3.8, 4) is 11.5 Å². The van der Waals surface area contributed by atoms with Crippen LogP contribution < -0.4 is 4.74 Å². The number of ether oxygens (including phenoxy) is 3. The molecule has 8 aromatic carbocycles. The molecule has 0 spiro atoms. The molecule has 11 nitrogen and oxygen atoms in total. The molecule has 0 aromatic heterocycles. The SMILES string of the molecule is CC1c2cccc3cccc(c23)C1C.CCC(C)(C)C(=O)OC1C2CC3C1OC(=O)C3(C(=O)Oc1ccc(S(=O)(=O)[O-])cc1)C2.CCC(C)c1ccc(C(C)(C)O)cc1.CCC(C)c1ccc(O)cc1.c1ccc([S+](c2ccccc2)c2ccccc2)cc1. The molecule has 4 aliphatic rings. The highest BCUT2D eigenvalue weighted by molar-refractivity contribution is 7.97. The molecule has 13 heteroatoms. The molecule has 3 fully saturated rings. The fourth-order valence-electron chi connectivity index (χ4n) is 12.0. The monoisotopic (exact) mass is 1240 g/mol. The van der Waals surface area contributed by atoms with Crippen LogP contribution in [0.3, 0.4) is 0 Å². The van der Waals surface area contributed by atoms with Gasteiger partial charge in [-0.25, -0.2) is 8.42 Å². The van der Waals surface area contributed by atoms with E-state index in [2.05, 4.69) is 181 Å². The second-order valence-corrected chi connectivity index (χ2v) is 28.5. The Labute approximate surface area is 530 Å². The highest BCUT2D eigenvalue weighted by Gasteiger charge is 2.75. The molecule has 0 amide bonds. The van der Waals surface area contributed by atoms with Crippen LogP contribution in [-0.2, 0) is 50.5 Å². The molecule has 1 heterocycles. The summed E-state index contributed by atoms with van der Waals surface area (Å²) < 4.78 is 49.7. The first-order valence-corrected chi connectivity index (χ1v) is 33.7. The molecule has 3 aliphatic carbocycles. The van der Waals surface area contributed by atoms with E-state index in [1.54, 1.807) is 26.0 Å². The molecule has 468 valence electrons.